The summed E-state index contributed by atoms with van der Waals surface area (Å²) < 4.78 is 0. The van der Waals surface area contributed by atoms with E-state index in [1.54, 1.807) is 0 Å². The molecule has 0 aromatic carbocycles. The average molecular weight is 242 g/mol. The van der Waals surface area contributed by atoms with Crippen molar-refractivity contribution in [3.63, 3.8) is 0 Å². The third-order valence-corrected chi connectivity index (χ3v) is 5.36. The zero-order valence-electron chi connectivity index (χ0n) is 9.32. The molecule has 1 aliphatic rings. The number of thiazole rings is 1. The molecule has 1 saturated heterocycles. The van der Waals surface area contributed by atoms with Crippen molar-refractivity contribution in [2.75, 3.05) is 18.6 Å². The minimum atomic E-state index is 0.439. The first-order valence-corrected chi connectivity index (χ1v) is 7.49. The summed E-state index contributed by atoms with van der Waals surface area (Å²) in [5.74, 6) is 3.34. The lowest BCUT2D eigenvalue weighted by molar-refractivity contribution is 0.633. The minimum absolute atomic E-state index is 0.439. The van der Waals surface area contributed by atoms with Gasteiger partial charge >= 0.3 is 0 Å². The second kappa shape index (κ2) is 5.32. The predicted octanol–water partition coefficient (Wildman–Crippen LogP) is 3.03. The minimum Gasteiger partial charge on any atom is -0.312 e. The summed E-state index contributed by atoms with van der Waals surface area (Å²) in [5, 5.41) is 4.62. The van der Waals surface area contributed by atoms with Gasteiger partial charge in [-0.1, -0.05) is 0 Å². The van der Waals surface area contributed by atoms with Crippen LogP contribution in [0.15, 0.2) is 6.20 Å². The number of nitrogens with zero attached hydrogens (tertiary/aromatic N) is 1. The summed E-state index contributed by atoms with van der Waals surface area (Å²) >= 11 is 3.96. The highest BCUT2D eigenvalue weighted by Crippen LogP contribution is 2.34. The van der Waals surface area contributed by atoms with Gasteiger partial charge in [-0.05, 0) is 38.3 Å². The van der Waals surface area contributed by atoms with Gasteiger partial charge in [0.2, 0.25) is 0 Å². The molecular weight excluding hydrogens is 224 g/mol. The first-order valence-electron chi connectivity index (χ1n) is 5.52. The largest absolute Gasteiger partial charge is 0.312 e. The highest BCUT2D eigenvalue weighted by molar-refractivity contribution is 7.99. The second-order valence-electron chi connectivity index (χ2n) is 4.00. The first-order chi connectivity index (χ1) is 7.31. The molecule has 0 aliphatic carbocycles. The Bertz CT molecular complexity index is 305. The third kappa shape index (κ3) is 2.74. The van der Waals surface area contributed by atoms with E-state index >= 15 is 0 Å². The topological polar surface area (TPSA) is 24.9 Å². The summed E-state index contributed by atoms with van der Waals surface area (Å²) in [4.78, 5) is 5.94. The van der Waals surface area contributed by atoms with Gasteiger partial charge in [0.05, 0.1) is 5.01 Å². The highest BCUT2D eigenvalue weighted by atomic mass is 32.2. The van der Waals surface area contributed by atoms with E-state index in [2.05, 4.69) is 29.0 Å². The predicted molar refractivity (Wildman–Crippen MR) is 68.9 cm³/mol. The van der Waals surface area contributed by atoms with Crippen molar-refractivity contribution in [3.8, 4) is 0 Å². The molecule has 0 saturated carbocycles. The van der Waals surface area contributed by atoms with Gasteiger partial charge < -0.3 is 5.32 Å². The lowest BCUT2D eigenvalue weighted by atomic mass is 10.0. The molecule has 0 spiro atoms. The fourth-order valence-corrected chi connectivity index (χ4v) is 4.03. The molecule has 1 aromatic rings. The van der Waals surface area contributed by atoms with Gasteiger partial charge in [-0.3, -0.25) is 0 Å². The summed E-state index contributed by atoms with van der Waals surface area (Å²) in [6.45, 7) is 2.19. The van der Waals surface area contributed by atoms with E-state index in [1.165, 1.54) is 34.2 Å². The van der Waals surface area contributed by atoms with Crippen LogP contribution in [0, 0.1) is 0 Å². The van der Waals surface area contributed by atoms with Gasteiger partial charge in [0.25, 0.3) is 0 Å². The Morgan fingerprint density at radius 2 is 2.20 bits per heavy atom. The molecule has 1 N–H and O–H groups in total. The van der Waals surface area contributed by atoms with E-state index in [1.807, 2.05) is 24.6 Å². The van der Waals surface area contributed by atoms with Crippen LogP contribution in [0.25, 0.3) is 0 Å². The molecule has 0 amide bonds. The smallest absolute Gasteiger partial charge is 0.0959 e. The Kier molecular flexibility index (Phi) is 4.05. The van der Waals surface area contributed by atoms with E-state index in [0.717, 1.165) is 5.92 Å². The summed E-state index contributed by atoms with van der Waals surface area (Å²) in [6.07, 6.45) is 4.67. The Balaban J connectivity index is 2.05. The average Bonchev–Trinajstić information content (AvgIpc) is 2.78. The number of hydrogen-bond donors (Lipinski definition) is 1. The Labute approximate surface area is 99.9 Å². The van der Waals surface area contributed by atoms with Gasteiger partial charge in [-0.2, -0.15) is 11.8 Å². The molecule has 2 heterocycles. The van der Waals surface area contributed by atoms with Crippen LogP contribution in [0.2, 0.25) is 0 Å². The van der Waals surface area contributed by atoms with Gasteiger partial charge in [-0.15, -0.1) is 11.3 Å². The van der Waals surface area contributed by atoms with E-state index in [9.17, 15) is 0 Å². The normalized spacial score (nSPS) is 20.4. The molecule has 2 rings (SSSR count). The lowest BCUT2D eigenvalue weighted by Gasteiger charge is -2.18. The van der Waals surface area contributed by atoms with Crippen LogP contribution in [0.4, 0.5) is 0 Å². The Morgan fingerprint density at radius 1 is 1.47 bits per heavy atom. The summed E-state index contributed by atoms with van der Waals surface area (Å²) in [5.41, 5.74) is 0. The van der Waals surface area contributed by atoms with Gasteiger partial charge in [0.15, 0.2) is 0 Å². The van der Waals surface area contributed by atoms with Crippen molar-refractivity contribution in [1.82, 2.24) is 10.3 Å². The molecule has 1 fully saturated rings. The molecule has 4 heteroatoms. The fraction of sp³-hybridized carbons (Fsp3) is 0.727. The van der Waals surface area contributed by atoms with Crippen molar-refractivity contribution in [1.29, 1.82) is 0 Å². The van der Waals surface area contributed by atoms with Crippen LogP contribution < -0.4 is 5.32 Å². The maximum absolute atomic E-state index is 4.58. The zero-order valence-corrected chi connectivity index (χ0v) is 11.0. The molecular formula is C11H18N2S2. The van der Waals surface area contributed by atoms with Crippen molar-refractivity contribution in [3.05, 3.63) is 16.1 Å². The zero-order chi connectivity index (χ0) is 10.7. The maximum atomic E-state index is 4.58. The van der Waals surface area contributed by atoms with E-state index < -0.39 is 0 Å². The quantitative estimate of drug-likeness (QED) is 0.882. The molecule has 2 nitrogen and oxygen atoms in total. The first kappa shape index (κ1) is 11.4. The van der Waals surface area contributed by atoms with Crippen LogP contribution in [-0.2, 0) is 0 Å². The number of nitrogens with one attached hydrogen (secondary N) is 1. The molecule has 1 unspecified atom stereocenters. The molecule has 0 radical (unpaired) electrons. The Hall–Kier alpha value is -0.0600. The van der Waals surface area contributed by atoms with Crippen LogP contribution in [0.3, 0.4) is 0 Å². The molecule has 1 aliphatic heterocycles. The monoisotopic (exact) mass is 242 g/mol. The van der Waals surface area contributed by atoms with Crippen LogP contribution in [-0.4, -0.2) is 23.5 Å². The summed E-state index contributed by atoms with van der Waals surface area (Å²) in [7, 11) is 2.00. The van der Waals surface area contributed by atoms with Crippen LogP contribution >= 0.6 is 23.1 Å². The van der Waals surface area contributed by atoms with Gasteiger partial charge in [0, 0.05) is 23.0 Å². The third-order valence-electron chi connectivity index (χ3n) is 2.97. The Morgan fingerprint density at radius 3 is 2.87 bits per heavy atom. The number of thioether (sulfide) groups is 1. The number of aromatic nitrogens is 1. The maximum Gasteiger partial charge on any atom is 0.0959 e. The second-order valence-corrected chi connectivity index (χ2v) is 6.32. The van der Waals surface area contributed by atoms with E-state index in [0.29, 0.717) is 6.04 Å². The van der Waals surface area contributed by atoms with Crippen molar-refractivity contribution in [2.24, 2.45) is 0 Å². The van der Waals surface area contributed by atoms with E-state index in [-0.39, 0.29) is 0 Å². The standard InChI is InChI=1S/C11H18N2S2/c1-8(12-2)10-7-13-11(15-10)9-3-5-14-6-4-9/h7-9,12H,3-6H2,1-2H3. The lowest BCUT2D eigenvalue weighted by Crippen LogP contribution is -2.10. The molecule has 0 bridgehead atoms. The molecule has 15 heavy (non-hydrogen) atoms. The highest BCUT2D eigenvalue weighted by Gasteiger charge is 2.19. The van der Waals surface area contributed by atoms with Crippen molar-refractivity contribution < 1.29 is 0 Å². The molecule has 1 atom stereocenters. The summed E-state index contributed by atoms with van der Waals surface area (Å²) in [6, 6.07) is 0.439. The molecule has 84 valence electrons. The van der Waals surface area contributed by atoms with Gasteiger partial charge in [-0.25, -0.2) is 4.98 Å². The number of hydrogen-bond acceptors (Lipinski definition) is 4. The van der Waals surface area contributed by atoms with Gasteiger partial charge in [0.1, 0.15) is 0 Å². The fourth-order valence-electron chi connectivity index (χ4n) is 1.78. The van der Waals surface area contributed by atoms with Crippen molar-refractivity contribution >= 4 is 23.1 Å². The molecule has 1 aromatic heterocycles. The van der Waals surface area contributed by atoms with Crippen LogP contribution in [0.1, 0.15) is 41.6 Å². The van der Waals surface area contributed by atoms with E-state index in [4.69, 9.17) is 0 Å². The number of rotatable bonds is 3. The van der Waals surface area contributed by atoms with Crippen LogP contribution in [0.5, 0.6) is 0 Å². The van der Waals surface area contributed by atoms with Crippen molar-refractivity contribution in [2.45, 2.75) is 31.7 Å². The SMILES string of the molecule is CNC(C)c1cnc(C2CCSCC2)s1.